The number of carbonyl (C=O) groups is 9. The summed E-state index contributed by atoms with van der Waals surface area (Å²) >= 11 is 0. The van der Waals surface area contributed by atoms with E-state index in [-0.39, 0.29) is 51.2 Å². The van der Waals surface area contributed by atoms with Crippen molar-refractivity contribution >= 4 is 53.2 Å². The molecule has 0 bridgehead atoms. The first-order valence-electron chi connectivity index (χ1n) is 24.5. The molecule has 0 saturated carbocycles. The smallest absolute Gasteiger partial charge is 0.248 e. The summed E-state index contributed by atoms with van der Waals surface area (Å²) in [5.74, 6) is -6.11. The van der Waals surface area contributed by atoms with E-state index >= 15 is 0 Å². The van der Waals surface area contributed by atoms with E-state index in [9.17, 15) is 48.3 Å². The lowest BCUT2D eigenvalue weighted by Crippen LogP contribution is -2.61. The Morgan fingerprint density at radius 3 is 1.65 bits per heavy atom. The number of nitrogens with zero attached hydrogens (tertiary/aromatic N) is 5. The summed E-state index contributed by atoms with van der Waals surface area (Å²) in [5.41, 5.74) is 0.583. The predicted octanol–water partition coefficient (Wildman–Crippen LogP) is 0.884. The van der Waals surface area contributed by atoms with Gasteiger partial charge in [0, 0.05) is 61.0 Å². The highest BCUT2D eigenvalue weighted by atomic mass is 16.5. The molecule has 1 heterocycles. The Kier molecular flexibility index (Phi) is 22.8. The molecule has 398 valence electrons. The van der Waals surface area contributed by atoms with E-state index in [2.05, 4.69) is 21.3 Å². The second kappa shape index (κ2) is 27.4. The molecule has 5 N–H and O–H groups in total. The van der Waals surface area contributed by atoms with Crippen molar-refractivity contribution in [3.8, 4) is 0 Å². The number of carbonyl (C=O) groups excluding carboxylic acids is 9. The maximum Gasteiger partial charge on any atom is 0.248 e. The molecule has 9 amide bonds. The van der Waals surface area contributed by atoms with Gasteiger partial charge in [-0.1, -0.05) is 74.5 Å². The quantitative estimate of drug-likeness (QED) is 0.236. The maximum absolute atomic E-state index is 14.9. The van der Waals surface area contributed by atoms with Gasteiger partial charge in [0.25, 0.3) is 0 Å². The van der Waals surface area contributed by atoms with Crippen molar-refractivity contribution in [3.05, 3.63) is 71.8 Å². The molecule has 3 rings (SSSR count). The number of rotatable bonds is 9. The van der Waals surface area contributed by atoms with E-state index in [1.807, 2.05) is 13.8 Å². The number of ether oxygens (including phenoxy) is 1. The molecule has 0 radical (unpaired) electrons. The van der Waals surface area contributed by atoms with Gasteiger partial charge >= 0.3 is 0 Å². The molecule has 1 aliphatic heterocycles. The fraction of sp³-hybridized carbons (Fsp3) is 0.596. The number of nitrogens with one attached hydrogen (secondary N) is 4. The van der Waals surface area contributed by atoms with Crippen LogP contribution in [-0.2, 0) is 60.7 Å². The van der Waals surface area contributed by atoms with Crippen LogP contribution >= 0.6 is 0 Å². The Morgan fingerprint density at radius 2 is 1.14 bits per heavy atom. The molecule has 72 heavy (non-hydrogen) atoms. The average molecular weight is 1010 g/mol. The van der Waals surface area contributed by atoms with E-state index in [1.54, 1.807) is 81.4 Å². The molecule has 2 aromatic rings. The number of aliphatic hydroxyl groups is 1. The fourth-order valence-corrected chi connectivity index (χ4v) is 8.14. The first-order chi connectivity index (χ1) is 33.6. The molecule has 20 nitrogen and oxygen atoms in total. The van der Waals surface area contributed by atoms with Crippen molar-refractivity contribution in [1.29, 1.82) is 0 Å². The highest BCUT2D eigenvalue weighted by molar-refractivity contribution is 5.98. The van der Waals surface area contributed by atoms with Gasteiger partial charge in [0.15, 0.2) is 0 Å². The molecule has 1 saturated heterocycles. The summed E-state index contributed by atoms with van der Waals surface area (Å²) < 4.78 is 6.11. The van der Waals surface area contributed by atoms with Crippen LogP contribution in [0.3, 0.4) is 0 Å². The summed E-state index contributed by atoms with van der Waals surface area (Å²) in [6, 6.07) is 9.09. The second-order valence-corrected chi connectivity index (χ2v) is 20.2. The van der Waals surface area contributed by atoms with Gasteiger partial charge in [-0.3, -0.25) is 43.2 Å². The van der Waals surface area contributed by atoms with Gasteiger partial charge in [0.1, 0.15) is 42.3 Å². The van der Waals surface area contributed by atoms with Crippen LogP contribution in [0, 0.1) is 5.92 Å². The van der Waals surface area contributed by atoms with Gasteiger partial charge in [0.2, 0.25) is 53.2 Å². The Labute approximate surface area is 424 Å². The summed E-state index contributed by atoms with van der Waals surface area (Å²) in [4.78, 5) is 133. The van der Waals surface area contributed by atoms with E-state index in [0.717, 1.165) is 4.90 Å². The molecule has 0 unspecified atom stereocenters. The van der Waals surface area contributed by atoms with Gasteiger partial charge in [-0.25, -0.2) is 0 Å². The van der Waals surface area contributed by atoms with Crippen LogP contribution in [-0.4, -0.2) is 192 Å². The second-order valence-electron chi connectivity index (χ2n) is 20.2. The molecule has 0 aromatic heterocycles. The van der Waals surface area contributed by atoms with Crippen LogP contribution in [0.15, 0.2) is 60.7 Å². The van der Waals surface area contributed by atoms with Crippen molar-refractivity contribution in [1.82, 2.24) is 45.8 Å². The molecule has 8 atom stereocenters. The van der Waals surface area contributed by atoms with Crippen LogP contribution in [0.25, 0.3) is 0 Å². The summed E-state index contributed by atoms with van der Waals surface area (Å²) in [5, 5.41) is 21.3. The topological polar surface area (TPSA) is 247 Å². The first-order valence-corrected chi connectivity index (χ1v) is 24.5. The Bertz CT molecular complexity index is 2190. The number of benzene rings is 2. The minimum absolute atomic E-state index is 0.0198. The molecular formula is C52H79N9O11. The minimum Gasteiger partial charge on any atom is -0.391 e. The van der Waals surface area contributed by atoms with E-state index in [0.29, 0.717) is 11.1 Å². The Balaban J connectivity index is 2.18. The van der Waals surface area contributed by atoms with Crippen molar-refractivity contribution in [2.75, 3.05) is 54.9 Å². The van der Waals surface area contributed by atoms with Crippen LogP contribution in [0.1, 0.15) is 85.8 Å². The number of hydrogen-bond donors (Lipinski definition) is 5. The number of likely N-dealkylation sites (N-methyl/N-ethyl adjacent to an activating group) is 5. The van der Waals surface area contributed by atoms with E-state index in [4.69, 9.17) is 4.74 Å². The number of amides is 9. The third kappa shape index (κ3) is 17.7. The standard InChI is InChI=1S/C52H79N9O11/c1-32(2)27-41-50(70)60(12)39(28-36-21-16-14-17-22-36)45(65)53-30-43(64)54-33(3)47(67)57(9)26-20-25-42(63)56-44(35(5)62)51(71)58(10)34(4)48(68)59(11)40(29-37-23-18-15-19-24-37)46(66)55-38(49(69)61(41)13)31-72-52(6,7)8/h14-19,21-24,32-35,38-41,44,62H,20,25-31H2,1-13H3,(H,53,65)(H,54,64)(H,55,66)(H,56,63)/t33-,34-,35+,38-,39-,40-,41-,44-/m0/s1. The summed E-state index contributed by atoms with van der Waals surface area (Å²) in [6.07, 6.45) is -1.24. The van der Waals surface area contributed by atoms with Crippen molar-refractivity contribution < 1.29 is 53.0 Å². The summed E-state index contributed by atoms with van der Waals surface area (Å²) in [6.45, 7) is 12.5. The van der Waals surface area contributed by atoms with Gasteiger partial charge in [0.05, 0.1) is 24.9 Å². The fourth-order valence-electron chi connectivity index (χ4n) is 8.14. The molecule has 1 aliphatic rings. The lowest BCUT2D eigenvalue weighted by atomic mass is 9.98. The molecule has 1 fully saturated rings. The predicted molar refractivity (Wildman–Crippen MR) is 270 cm³/mol. The zero-order valence-electron chi connectivity index (χ0n) is 44.4. The highest BCUT2D eigenvalue weighted by Crippen LogP contribution is 2.20. The minimum atomic E-state index is -1.47. The zero-order chi connectivity index (χ0) is 54.2. The monoisotopic (exact) mass is 1010 g/mol. The molecule has 2 aromatic carbocycles. The molecular weight excluding hydrogens is 927 g/mol. The van der Waals surface area contributed by atoms with Crippen molar-refractivity contribution in [2.24, 2.45) is 5.92 Å². The lowest BCUT2D eigenvalue weighted by Gasteiger charge is -2.37. The normalized spacial score (nSPS) is 24.8. The van der Waals surface area contributed by atoms with Crippen molar-refractivity contribution in [3.63, 3.8) is 0 Å². The molecule has 0 aliphatic carbocycles. The van der Waals surface area contributed by atoms with E-state index < -0.39 is 114 Å². The SMILES string of the molecule is CC(C)C[C@H]1C(=O)N(C)[C@@H](Cc2ccccc2)C(=O)NCC(=O)N[C@@H](C)C(=O)N(C)CCCC(=O)N[C@@H]([C@@H](C)O)C(=O)N(C)[C@@H](C)C(=O)N(C)[C@@H](Cc2ccccc2)C(=O)N[C@@H](COC(C)(C)C)C(=O)N1C. The number of hydrogen-bond acceptors (Lipinski definition) is 11. The van der Waals surface area contributed by atoms with Crippen LogP contribution in [0.5, 0.6) is 0 Å². The highest BCUT2D eigenvalue weighted by Gasteiger charge is 2.41. The first kappa shape index (κ1) is 59.9. The van der Waals surface area contributed by atoms with Gasteiger partial charge in [-0.2, -0.15) is 0 Å². The number of aliphatic hydroxyl groups excluding tert-OH is 1. The Morgan fingerprint density at radius 1 is 0.625 bits per heavy atom. The lowest BCUT2D eigenvalue weighted by molar-refractivity contribution is -0.152. The third-order valence-electron chi connectivity index (χ3n) is 12.7. The van der Waals surface area contributed by atoms with Gasteiger partial charge in [-0.05, 0) is 71.4 Å². The van der Waals surface area contributed by atoms with Gasteiger partial charge < -0.3 is 55.6 Å². The molecule has 0 spiro atoms. The summed E-state index contributed by atoms with van der Waals surface area (Å²) in [7, 11) is 7.11. The van der Waals surface area contributed by atoms with E-state index in [1.165, 1.54) is 75.6 Å². The van der Waals surface area contributed by atoms with Gasteiger partial charge in [-0.15, -0.1) is 0 Å². The molecule has 20 heteroatoms. The van der Waals surface area contributed by atoms with Crippen molar-refractivity contribution in [2.45, 2.75) is 141 Å². The largest absolute Gasteiger partial charge is 0.391 e. The maximum atomic E-state index is 14.9. The zero-order valence-corrected chi connectivity index (χ0v) is 44.4. The third-order valence-corrected chi connectivity index (χ3v) is 12.7. The van der Waals surface area contributed by atoms with Crippen LogP contribution < -0.4 is 21.3 Å². The van der Waals surface area contributed by atoms with Crippen LogP contribution in [0.2, 0.25) is 0 Å². The Hall–Kier alpha value is -6.41. The van der Waals surface area contributed by atoms with Crippen LogP contribution in [0.4, 0.5) is 0 Å². The average Bonchev–Trinajstić information content (AvgIpc) is 3.33.